The van der Waals surface area contributed by atoms with Gasteiger partial charge >= 0.3 is 0 Å². The second kappa shape index (κ2) is 8.26. The van der Waals surface area contributed by atoms with E-state index in [9.17, 15) is 14.0 Å². The summed E-state index contributed by atoms with van der Waals surface area (Å²) in [4.78, 5) is 27.1. The van der Waals surface area contributed by atoms with Gasteiger partial charge in [-0.15, -0.1) is 0 Å². The lowest BCUT2D eigenvalue weighted by molar-refractivity contribution is -0.135. The van der Waals surface area contributed by atoms with Crippen LogP contribution in [0, 0.1) is 5.82 Å². The van der Waals surface area contributed by atoms with E-state index in [0.29, 0.717) is 37.2 Å². The average Bonchev–Trinajstić information content (AvgIpc) is 2.54. The topological polar surface area (TPSA) is 61.9 Å². The molecular weight excluding hydrogens is 369 g/mol. The molecule has 1 saturated heterocycles. The monoisotopic (exact) mass is 387 g/mol. The molecule has 0 aliphatic carbocycles. The Morgan fingerprint density at radius 3 is 2.61 bits per heavy atom. The van der Waals surface area contributed by atoms with E-state index in [-0.39, 0.29) is 24.2 Å². The minimum Gasteiger partial charge on any atom is -0.481 e. The lowest BCUT2D eigenvalue weighted by atomic mass is 10.3. The van der Waals surface area contributed by atoms with Gasteiger partial charge in [-0.1, -0.05) is 15.9 Å². The molecule has 0 atom stereocenters. The molecule has 126 valence electrons. The summed E-state index contributed by atoms with van der Waals surface area (Å²) >= 11 is 3.16. The number of piperazine rings is 1. The molecule has 1 fully saturated rings. The van der Waals surface area contributed by atoms with Gasteiger partial charge in [0.05, 0.1) is 6.54 Å². The second-order valence-electron chi connectivity index (χ2n) is 5.19. The van der Waals surface area contributed by atoms with Crippen molar-refractivity contribution in [3.8, 4) is 5.75 Å². The molecule has 0 bridgehead atoms. The predicted octanol–water partition coefficient (Wildman–Crippen LogP) is 0.857. The molecule has 6 nitrogen and oxygen atoms in total. The van der Waals surface area contributed by atoms with Crippen molar-refractivity contribution in [2.75, 3.05) is 46.4 Å². The Hall–Kier alpha value is -1.67. The summed E-state index contributed by atoms with van der Waals surface area (Å²) in [5, 5.41) is 2.57. The highest BCUT2D eigenvalue weighted by Crippen LogP contribution is 2.21. The van der Waals surface area contributed by atoms with Crippen molar-refractivity contribution in [1.29, 1.82) is 0 Å². The molecule has 1 aromatic carbocycles. The summed E-state index contributed by atoms with van der Waals surface area (Å²) in [6, 6.07) is 4.42. The molecule has 1 aromatic rings. The molecule has 8 heteroatoms. The predicted molar refractivity (Wildman–Crippen MR) is 86.7 cm³/mol. The number of benzene rings is 1. The van der Waals surface area contributed by atoms with Crippen LogP contribution in [0.4, 0.5) is 4.39 Å². The van der Waals surface area contributed by atoms with Gasteiger partial charge in [0.15, 0.2) is 18.2 Å². The summed E-state index contributed by atoms with van der Waals surface area (Å²) in [7, 11) is 1.60. The molecule has 0 saturated carbocycles. The lowest BCUT2D eigenvalue weighted by Gasteiger charge is -2.34. The number of likely N-dealkylation sites (N-methyl/N-ethyl adjacent to an activating group) is 1. The fourth-order valence-corrected chi connectivity index (χ4v) is 2.59. The van der Waals surface area contributed by atoms with Crippen LogP contribution in [0.2, 0.25) is 0 Å². The fourth-order valence-electron chi connectivity index (χ4n) is 2.26. The van der Waals surface area contributed by atoms with E-state index in [1.165, 1.54) is 12.1 Å². The third-order valence-electron chi connectivity index (χ3n) is 3.62. The SMILES string of the molecule is CNC(=O)CN1CCN(C(=O)COc2ccc(Br)cc2F)CC1. The van der Waals surface area contributed by atoms with E-state index >= 15 is 0 Å². The maximum Gasteiger partial charge on any atom is 0.260 e. The van der Waals surface area contributed by atoms with E-state index in [1.807, 2.05) is 4.90 Å². The number of nitrogens with one attached hydrogen (secondary N) is 1. The first-order valence-electron chi connectivity index (χ1n) is 7.28. The van der Waals surface area contributed by atoms with E-state index in [1.54, 1.807) is 18.0 Å². The normalized spacial score (nSPS) is 15.3. The quantitative estimate of drug-likeness (QED) is 0.813. The smallest absolute Gasteiger partial charge is 0.260 e. The van der Waals surface area contributed by atoms with E-state index in [2.05, 4.69) is 21.2 Å². The molecule has 1 aliphatic rings. The third kappa shape index (κ3) is 5.18. The van der Waals surface area contributed by atoms with Crippen LogP contribution in [0.1, 0.15) is 0 Å². The zero-order valence-corrected chi connectivity index (χ0v) is 14.4. The molecule has 0 unspecified atom stereocenters. The molecule has 23 heavy (non-hydrogen) atoms. The van der Waals surface area contributed by atoms with Crippen LogP contribution in [0.25, 0.3) is 0 Å². The number of hydrogen-bond donors (Lipinski definition) is 1. The van der Waals surface area contributed by atoms with Crippen molar-refractivity contribution < 1.29 is 18.7 Å². The van der Waals surface area contributed by atoms with Gasteiger partial charge in [0.25, 0.3) is 5.91 Å². The Balaban J connectivity index is 1.78. The maximum absolute atomic E-state index is 13.6. The van der Waals surface area contributed by atoms with Crippen molar-refractivity contribution in [2.45, 2.75) is 0 Å². The Bertz CT molecular complexity index is 577. The lowest BCUT2D eigenvalue weighted by Crippen LogP contribution is -2.51. The highest BCUT2D eigenvalue weighted by molar-refractivity contribution is 9.10. The molecule has 0 radical (unpaired) electrons. The van der Waals surface area contributed by atoms with Crippen molar-refractivity contribution in [2.24, 2.45) is 0 Å². The molecule has 2 amide bonds. The van der Waals surface area contributed by atoms with Gasteiger partial charge in [0.2, 0.25) is 5.91 Å². The molecule has 1 N–H and O–H groups in total. The second-order valence-corrected chi connectivity index (χ2v) is 6.11. The van der Waals surface area contributed by atoms with Crippen molar-refractivity contribution in [3.05, 3.63) is 28.5 Å². The first-order valence-corrected chi connectivity index (χ1v) is 8.07. The van der Waals surface area contributed by atoms with Crippen LogP contribution >= 0.6 is 15.9 Å². The summed E-state index contributed by atoms with van der Waals surface area (Å²) in [6.45, 7) is 2.45. The first-order chi connectivity index (χ1) is 11.0. The number of nitrogens with zero attached hydrogens (tertiary/aromatic N) is 2. The van der Waals surface area contributed by atoms with Crippen LogP contribution in [0.15, 0.2) is 22.7 Å². The van der Waals surface area contributed by atoms with Gasteiger partial charge in [-0.25, -0.2) is 4.39 Å². The summed E-state index contributed by atoms with van der Waals surface area (Å²) < 4.78 is 19.5. The molecule has 1 heterocycles. The van der Waals surface area contributed by atoms with Gasteiger partial charge < -0.3 is 15.0 Å². The number of rotatable bonds is 5. The van der Waals surface area contributed by atoms with Crippen LogP contribution in [-0.4, -0.2) is 68.0 Å². The minimum atomic E-state index is -0.512. The molecule has 0 aromatic heterocycles. The molecule has 0 spiro atoms. The number of carbonyl (C=O) groups excluding carboxylic acids is 2. The van der Waals surface area contributed by atoms with Gasteiger partial charge in [0.1, 0.15) is 0 Å². The number of amides is 2. The average molecular weight is 388 g/mol. The van der Waals surface area contributed by atoms with Gasteiger partial charge in [-0.2, -0.15) is 0 Å². The van der Waals surface area contributed by atoms with Crippen LogP contribution < -0.4 is 10.1 Å². The summed E-state index contributed by atoms with van der Waals surface area (Å²) in [5.41, 5.74) is 0. The van der Waals surface area contributed by atoms with E-state index in [0.717, 1.165) is 0 Å². The Morgan fingerprint density at radius 1 is 1.30 bits per heavy atom. The van der Waals surface area contributed by atoms with Gasteiger partial charge in [-0.3, -0.25) is 14.5 Å². The molecular formula is C15H19BrFN3O3. The Kier molecular flexibility index (Phi) is 6.35. The van der Waals surface area contributed by atoms with Gasteiger partial charge in [0, 0.05) is 37.7 Å². The minimum absolute atomic E-state index is 0.0428. The van der Waals surface area contributed by atoms with Crippen molar-refractivity contribution in [1.82, 2.24) is 15.1 Å². The van der Waals surface area contributed by atoms with Crippen LogP contribution in [-0.2, 0) is 9.59 Å². The molecule has 1 aliphatic heterocycles. The largest absolute Gasteiger partial charge is 0.481 e. The number of halogens is 2. The summed E-state index contributed by atoms with van der Waals surface area (Å²) in [5.74, 6) is -0.687. The fraction of sp³-hybridized carbons (Fsp3) is 0.467. The maximum atomic E-state index is 13.6. The first kappa shape index (κ1) is 17.7. The number of hydrogen-bond acceptors (Lipinski definition) is 4. The van der Waals surface area contributed by atoms with E-state index < -0.39 is 5.82 Å². The zero-order chi connectivity index (χ0) is 16.8. The van der Waals surface area contributed by atoms with Crippen LogP contribution in [0.5, 0.6) is 5.75 Å². The summed E-state index contributed by atoms with van der Waals surface area (Å²) in [6.07, 6.45) is 0. The third-order valence-corrected chi connectivity index (χ3v) is 4.11. The van der Waals surface area contributed by atoms with Gasteiger partial charge in [-0.05, 0) is 18.2 Å². The number of ether oxygens (including phenoxy) is 1. The van der Waals surface area contributed by atoms with Crippen molar-refractivity contribution in [3.63, 3.8) is 0 Å². The zero-order valence-electron chi connectivity index (χ0n) is 12.8. The Labute approximate surface area is 142 Å². The highest BCUT2D eigenvalue weighted by Gasteiger charge is 2.22. The van der Waals surface area contributed by atoms with E-state index in [4.69, 9.17) is 4.74 Å². The molecule has 2 rings (SSSR count). The number of carbonyl (C=O) groups is 2. The standard InChI is InChI=1S/C15H19BrFN3O3/c1-18-14(21)9-19-4-6-20(7-5-19)15(22)10-23-13-3-2-11(16)8-12(13)17/h2-3,8H,4-7,9-10H2,1H3,(H,18,21). The Morgan fingerprint density at radius 2 is 2.00 bits per heavy atom. The highest BCUT2D eigenvalue weighted by atomic mass is 79.9. The van der Waals surface area contributed by atoms with Crippen molar-refractivity contribution >= 4 is 27.7 Å². The van der Waals surface area contributed by atoms with Crippen LogP contribution in [0.3, 0.4) is 0 Å².